The van der Waals surface area contributed by atoms with Crippen molar-refractivity contribution in [2.45, 2.75) is 19.8 Å². The zero-order chi connectivity index (χ0) is 19.7. The van der Waals surface area contributed by atoms with Crippen LogP contribution in [-0.2, 0) is 6.42 Å². The summed E-state index contributed by atoms with van der Waals surface area (Å²) < 4.78 is 40.1. The van der Waals surface area contributed by atoms with Crippen molar-refractivity contribution in [3.05, 3.63) is 95.8 Å². The minimum absolute atomic E-state index is 0.310. The maximum absolute atomic E-state index is 13.5. The van der Waals surface area contributed by atoms with Gasteiger partial charge in [-0.2, -0.15) is 0 Å². The Hall–Kier alpha value is -3.07. The lowest BCUT2D eigenvalue weighted by atomic mass is 9.97. The first-order valence-corrected chi connectivity index (χ1v) is 9.33. The predicted molar refractivity (Wildman–Crippen MR) is 109 cm³/mol. The van der Waals surface area contributed by atoms with Crippen molar-refractivity contribution in [2.24, 2.45) is 0 Å². The molecule has 0 aliphatic rings. The summed E-state index contributed by atoms with van der Waals surface area (Å²) in [5.41, 5.74) is 4.35. The number of fused-ring (bicyclic) bond motifs is 1. The van der Waals surface area contributed by atoms with E-state index in [9.17, 15) is 13.2 Å². The molecule has 4 aromatic carbocycles. The van der Waals surface area contributed by atoms with Gasteiger partial charge in [0.25, 0.3) is 0 Å². The van der Waals surface area contributed by atoms with Crippen LogP contribution >= 0.6 is 0 Å². The van der Waals surface area contributed by atoms with Crippen LogP contribution in [0.2, 0.25) is 0 Å². The third-order valence-electron chi connectivity index (χ3n) is 4.98. The van der Waals surface area contributed by atoms with Gasteiger partial charge in [-0.15, -0.1) is 0 Å². The van der Waals surface area contributed by atoms with Gasteiger partial charge in [-0.3, -0.25) is 0 Å². The highest BCUT2D eigenvalue weighted by molar-refractivity contribution is 5.88. The third kappa shape index (κ3) is 3.53. The molecule has 3 heteroatoms. The minimum Gasteiger partial charge on any atom is -0.204 e. The summed E-state index contributed by atoms with van der Waals surface area (Å²) in [5, 5.41) is 2.38. The molecule has 0 heterocycles. The quantitative estimate of drug-likeness (QED) is 0.323. The summed E-state index contributed by atoms with van der Waals surface area (Å²) in [7, 11) is 0. The van der Waals surface area contributed by atoms with Gasteiger partial charge in [-0.1, -0.05) is 67.9 Å². The lowest BCUT2D eigenvalue weighted by molar-refractivity contribution is 0.448. The van der Waals surface area contributed by atoms with Gasteiger partial charge < -0.3 is 0 Å². The van der Waals surface area contributed by atoms with Crippen LogP contribution in [0.1, 0.15) is 18.9 Å². The Labute approximate surface area is 162 Å². The molecule has 0 amide bonds. The van der Waals surface area contributed by atoms with Gasteiger partial charge in [0.15, 0.2) is 17.5 Å². The molecule has 0 bridgehead atoms. The van der Waals surface area contributed by atoms with Gasteiger partial charge in [-0.25, -0.2) is 13.2 Å². The van der Waals surface area contributed by atoms with Crippen molar-refractivity contribution < 1.29 is 13.2 Å². The van der Waals surface area contributed by atoms with Gasteiger partial charge in [0.2, 0.25) is 0 Å². The molecule has 0 spiro atoms. The number of hydrogen-bond donors (Lipinski definition) is 0. The molecule has 0 aliphatic heterocycles. The van der Waals surface area contributed by atoms with E-state index < -0.39 is 17.5 Å². The second kappa shape index (κ2) is 7.51. The van der Waals surface area contributed by atoms with Crippen molar-refractivity contribution in [2.75, 3.05) is 0 Å². The predicted octanol–water partition coefficient (Wildman–Crippen LogP) is 7.54. The Morgan fingerprint density at radius 2 is 1.11 bits per heavy atom. The summed E-state index contributed by atoms with van der Waals surface area (Å²) in [6.45, 7) is 2.17. The molecule has 140 valence electrons. The van der Waals surface area contributed by atoms with Crippen LogP contribution in [0.15, 0.2) is 72.8 Å². The van der Waals surface area contributed by atoms with E-state index in [1.165, 1.54) is 16.3 Å². The first-order chi connectivity index (χ1) is 13.5. The van der Waals surface area contributed by atoms with Crippen molar-refractivity contribution in [1.82, 2.24) is 0 Å². The normalized spacial score (nSPS) is 11.1. The first kappa shape index (κ1) is 18.3. The van der Waals surface area contributed by atoms with E-state index in [4.69, 9.17) is 0 Å². The van der Waals surface area contributed by atoms with Crippen molar-refractivity contribution in [3.63, 3.8) is 0 Å². The van der Waals surface area contributed by atoms with E-state index in [0.717, 1.165) is 36.1 Å². The average Bonchev–Trinajstić information content (AvgIpc) is 2.71. The fourth-order valence-electron chi connectivity index (χ4n) is 3.50. The highest BCUT2D eigenvalue weighted by Gasteiger charge is 2.11. The zero-order valence-electron chi connectivity index (χ0n) is 15.5. The fourth-order valence-corrected chi connectivity index (χ4v) is 3.50. The van der Waals surface area contributed by atoms with Crippen molar-refractivity contribution in [3.8, 4) is 22.3 Å². The summed E-state index contributed by atoms with van der Waals surface area (Å²) >= 11 is 0. The Kier molecular flexibility index (Phi) is 4.91. The van der Waals surface area contributed by atoms with Crippen LogP contribution < -0.4 is 0 Å². The lowest BCUT2D eigenvalue weighted by Crippen LogP contribution is -1.91. The van der Waals surface area contributed by atoms with Gasteiger partial charge in [-0.05, 0) is 63.2 Å². The van der Waals surface area contributed by atoms with Crippen LogP contribution in [0.5, 0.6) is 0 Å². The molecule has 4 rings (SSSR count). The third-order valence-corrected chi connectivity index (χ3v) is 4.98. The van der Waals surface area contributed by atoms with E-state index in [1.807, 2.05) is 12.1 Å². The molecule has 0 aliphatic carbocycles. The van der Waals surface area contributed by atoms with Gasteiger partial charge >= 0.3 is 0 Å². The SMILES string of the molecule is CCCc1ccc2cc(-c3ccc(-c4cc(F)c(F)c(F)c4)cc3)ccc2c1. The monoisotopic (exact) mass is 376 g/mol. The Morgan fingerprint density at radius 1 is 0.571 bits per heavy atom. The molecule has 0 fully saturated rings. The second-order valence-electron chi connectivity index (χ2n) is 6.98. The van der Waals surface area contributed by atoms with Gasteiger partial charge in [0, 0.05) is 0 Å². The zero-order valence-corrected chi connectivity index (χ0v) is 15.5. The topological polar surface area (TPSA) is 0 Å². The molecular weight excluding hydrogens is 357 g/mol. The molecule has 0 atom stereocenters. The van der Waals surface area contributed by atoms with Crippen molar-refractivity contribution in [1.29, 1.82) is 0 Å². The molecular formula is C25H19F3. The summed E-state index contributed by atoms with van der Waals surface area (Å²) in [4.78, 5) is 0. The number of benzene rings is 4. The lowest BCUT2D eigenvalue weighted by Gasteiger charge is -2.08. The largest absolute Gasteiger partial charge is 0.204 e. The molecule has 28 heavy (non-hydrogen) atoms. The van der Waals surface area contributed by atoms with Gasteiger partial charge in [0.1, 0.15) is 0 Å². The molecule has 0 nitrogen and oxygen atoms in total. The Bertz CT molecular complexity index is 1120. The molecule has 4 aromatic rings. The summed E-state index contributed by atoms with van der Waals surface area (Å²) in [6, 6.07) is 22.3. The Morgan fingerprint density at radius 3 is 1.75 bits per heavy atom. The second-order valence-corrected chi connectivity index (χ2v) is 6.98. The molecule has 0 radical (unpaired) electrons. The van der Waals surface area contributed by atoms with Crippen LogP contribution in [-0.4, -0.2) is 0 Å². The minimum atomic E-state index is -1.45. The van der Waals surface area contributed by atoms with E-state index in [0.29, 0.717) is 11.1 Å². The van der Waals surface area contributed by atoms with Crippen LogP contribution in [0.4, 0.5) is 13.2 Å². The first-order valence-electron chi connectivity index (χ1n) is 9.33. The van der Waals surface area contributed by atoms with Gasteiger partial charge in [0.05, 0.1) is 0 Å². The molecule has 0 saturated carbocycles. The summed E-state index contributed by atoms with van der Waals surface area (Å²) in [5.74, 6) is -3.81. The number of halogens is 3. The maximum atomic E-state index is 13.5. The number of rotatable bonds is 4. The highest BCUT2D eigenvalue weighted by atomic mass is 19.2. The molecule has 0 aromatic heterocycles. The van der Waals surface area contributed by atoms with Crippen LogP contribution in [0.3, 0.4) is 0 Å². The summed E-state index contributed by atoms with van der Waals surface area (Å²) in [6.07, 6.45) is 2.20. The standard InChI is InChI=1S/C25H19F3/c1-2-3-16-4-5-21-13-20(11-10-19(21)12-16)17-6-8-18(9-7-17)22-14-23(26)25(28)24(27)15-22/h4-15H,2-3H2,1H3. The van der Waals surface area contributed by atoms with E-state index in [2.05, 4.69) is 43.3 Å². The highest BCUT2D eigenvalue weighted by Crippen LogP contribution is 2.29. The fraction of sp³-hybridized carbons (Fsp3) is 0.120. The number of hydrogen-bond acceptors (Lipinski definition) is 0. The molecule has 0 N–H and O–H groups in total. The van der Waals surface area contributed by atoms with Crippen LogP contribution in [0, 0.1) is 17.5 Å². The van der Waals surface area contributed by atoms with Crippen LogP contribution in [0.25, 0.3) is 33.0 Å². The number of aryl methyl sites for hydroxylation is 1. The molecule has 0 unspecified atom stereocenters. The van der Waals surface area contributed by atoms with E-state index >= 15 is 0 Å². The smallest absolute Gasteiger partial charge is 0.194 e. The Balaban J connectivity index is 1.66. The van der Waals surface area contributed by atoms with E-state index in [-0.39, 0.29) is 0 Å². The van der Waals surface area contributed by atoms with E-state index in [1.54, 1.807) is 12.1 Å². The van der Waals surface area contributed by atoms with Crippen molar-refractivity contribution >= 4 is 10.8 Å². The average molecular weight is 376 g/mol. The molecule has 0 saturated heterocycles. The maximum Gasteiger partial charge on any atom is 0.194 e.